The highest BCUT2D eigenvalue weighted by Crippen LogP contribution is 2.09. The molecule has 3 rings (SSSR count). The maximum atomic E-state index is 3.33. The monoisotopic (exact) mass is 195 g/mol. The van der Waals surface area contributed by atoms with Crippen LogP contribution < -0.4 is 4.68 Å². The van der Waals surface area contributed by atoms with Crippen LogP contribution in [0.3, 0.4) is 0 Å². The van der Waals surface area contributed by atoms with Crippen molar-refractivity contribution in [2.45, 2.75) is 0 Å². The van der Waals surface area contributed by atoms with Gasteiger partial charge in [0.2, 0.25) is 11.9 Å². The molecule has 2 nitrogen and oxygen atoms in total. The van der Waals surface area contributed by atoms with E-state index in [1.165, 1.54) is 5.39 Å². The second-order valence-electron chi connectivity index (χ2n) is 3.53. The molecule has 0 aliphatic heterocycles. The van der Waals surface area contributed by atoms with Gasteiger partial charge >= 0.3 is 0 Å². The molecular formula is C13H11N2+. The minimum absolute atomic E-state index is 1.15. The van der Waals surface area contributed by atoms with Gasteiger partial charge in [-0.25, -0.2) is 0 Å². The van der Waals surface area contributed by atoms with Crippen LogP contribution in [0.1, 0.15) is 0 Å². The predicted octanol–water partition coefficient (Wildman–Crippen LogP) is 2.44. The van der Waals surface area contributed by atoms with Gasteiger partial charge in [0.1, 0.15) is 5.52 Å². The summed E-state index contributed by atoms with van der Waals surface area (Å²) >= 11 is 0. The zero-order chi connectivity index (χ0) is 10.1. The molecule has 2 aromatic carbocycles. The number of nitrogens with one attached hydrogen (secondary N) is 1. The van der Waals surface area contributed by atoms with Crippen LogP contribution in [0.25, 0.3) is 16.6 Å². The molecule has 0 atom stereocenters. The molecule has 0 saturated heterocycles. The summed E-state index contributed by atoms with van der Waals surface area (Å²) in [5.74, 6) is 0. The van der Waals surface area contributed by atoms with Gasteiger partial charge in [-0.1, -0.05) is 35.0 Å². The first-order chi connectivity index (χ1) is 7.43. The van der Waals surface area contributed by atoms with E-state index in [9.17, 15) is 0 Å². The van der Waals surface area contributed by atoms with Crippen molar-refractivity contribution in [2.24, 2.45) is 0 Å². The number of hydrogen-bond donors (Lipinski definition) is 1. The highest BCUT2D eigenvalue weighted by atomic mass is 15.3. The van der Waals surface area contributed by atoms with Crippen molar-refractivity contribution >= 4 is 10.9 Å². The molecule has 0 fully saturated rings. The van der Waals surface area contributed by atoms with E-state index in [-0.39, 0.29) is 0 Å². The summed E-state index contributed by atoms with van der Waals surface area (Å²) in [5, 5.41) is 4.55. The molecule has 72 valence electrons. The Balaban J connectivity index is 2.21. The van der Waals surface area contributed by atoms with E-state index < -0.39 is 0 Å². The summed E-state index contributed by atoms with van der Waals surface area (Å²) < 4.78 is 2.03. The van der Waals surface area contributed by atoms with Crippen molar-refractivity contribution in [2.75, 3.05) is 0 Å². The Hall–Kier alpha value is -2.09. The smallest absolute Gasteiger partial charge is 0.159 e. The molecule has 1 heterocycles. The fourth-order valence-electron chi connectivity index (χ4n) is 1.74. The number of hydrogen-bond acceptors (Lipinski definition) is 0. The molecule has 0 aliphatic rings. The third-order valence-electron chi connectivity index (χ3n) is 2.50. The van der Waals surface area contributed by atoms with E-state index in [0.717, 1.165) is 11.2 Å². The lowest BCUT2D eigenvalue weighted by Crippen LogP contribution is -2.31. The van der Waals surface area contributed by atoms with Gasteiger partial charge in [0, 0.05) is 12.1 Å². The minimum Gasteiger partial charge on any atom is -0.159 e. The average Bonchev–Trinajstić information content (AvgIpc) is 2.74. The van der Waals surface area contributed by atoms with Crippen molar-refractivity contribution in [3.8, 4) is 5.69 Å². The van der Waals surface area contributed by atoms with Gasteiger partial charge in [0.25, 0.3) is 0 Å². The number of H-pyrrole nitrogens is 1. The van der Waals surface area contributed by atoms with Gasteiger partial charge in [0.05, 0.1) is 5.39 Å². The van der Waals surface area contributed by atoms with Gasteiger partial charge < -0.3 is 0 Å². The highest BCUT2D eigenvalue weighted by Gasteiger charge is 2.08. The van der Waals surface area contributed by atoms with Crippen LogP contribution in [0, 0.1) is 0 Å². The number of benzene rings is 2. The Morgan fingerprint density at radius 2 is 1.53 bits per heavy atom. The van der Waals surface area contributed by atoms with Crippen LogP contribution in [0.4, 0.5) is 0 Å². The molecule has 0 unspecified atom stereocenters. The lowest BCUT2D eigenvalue weighted by Gasteiger charge is -1.87. The minimum atomic E-state index is 1.15. The Morgan fingerprint density at radius 1 is 0.800 bits per heavy atom. The van der Waals surface area contributed by atoms with E-state index in [2.05, 4.69) is 35.6 Å². The van der Waals surface area contributed by atoms with Crippen LogP contribution in [-0.2, 0) is 0 Å². The molecule has 3 aromatic rings. The van der Waals surface area contributed by atoms with Gasteiger partial charge in [0.15, 0.2) is 0 Å². The SMILES string of the molecule is c1ccc(-[n+]2cc3ccccc3[nH]2)cc1. The first kappa shape index (κ1) is 8.24. The number of para-hydroxylation sites is 2. The molecule has 0 amide bonds. The zero-order valence-electron chi connectivity index (χ0n) is 8.22. The van der Waals surface area contributed by atoms with Crippen molar-refractivity contribution in [3.05, 3.63) is 60.8 Å². The number of fused-ring (bicyclic) bond motifs is 1. The zero-order valence-corrected chi connectivity index (χ0v) is 8.22. The van der Waals surface area contributed by atoms with Crippen molar-refractivity contribution in [3.63, 3.8) is 0 Å². The normalized spacial score (nSPS) is 10.7. The molecule has 0 saturated carbocycles. The van der Waals surface area contributed by atoms with Gasteiger partial charge in [-0.3, -0.25) is 0 Å². The predicted molar refractivity (Wildman–Crippen MR) is 59.8 cm³/mol. The Morgan fingerprint density at radius 3 is 2.33 bits per heavy atom. The highest BCUT2D eigenvalue weighted by molar-refractivity contribution is 5.76. The summed E-state index contributed by atoms with van der Waals surface area (Å²) in [7, 11) is 0. The second kappa shape index (κ2) is 3.24. The Labute approximate surface area is 87.8 Å². The standard InChI is InChI=1S/C13H10N2/c1-2-7-12(8-3-1)15-10-11-6-4-5-9-13(11)14-15/h1-10H/p+1. The Kier molecular flexibility index (Phi) is 1.78. The lowest BCUT2D eigenvalue weighted by molar-refractivity contribution is -0.653. The quantitative estimate of drug-likeness (QED) is 0.575. The number of rotatable bonds is 1. The number of nitrogens with zero attached hydrogens (tertiary/aromatic N) is 1. The van der Waals surface area contributed by atoms with Crippen LogP contribution in [-0.4, -0.2) is 5.10 Å². The van der Waals surface area contributed by atoms with Gasteiger partial charge in [-0.05, 0) is 12.1 Å². The molecular weight excluding hydrogens is 184 g/mol. The molecule has 1 N–H and O–H groups in total. The lowest BCUT2D eigenvalue weighted by atomic mass is 10.3. The number of aromatic nitrogens is 2. The summed E-state index contributed by atoms with van der Waals surface area (Å²) in [4.78, 5) is 0. The molecule has 1 aromatic heterocycles. The first-order valence-corrected chi connectivity index (χ1v) is 4.98. The fraction of sp³-hybridized carbons (Fsp3) is 0. The summed E-state index contributed by atoms with van der Waals surface area (Å²) in [6, 6.07) is 18.5. The second-order valence-corrected chi connectivity index (χ2v) is 3.53. The summed E-state index contributed by atoms with van der Waals surface area (Å²) in [6.07, 6.45) is 2.10. The summed E-state index contributed by atoms with van der Waals surface area (Å²) in [5.41, 5.74) is 2.30. The molecule has 15 heavy (non-hydrogen) atoms. The number of aromatic amines is 1. The van der Waals surface area contributed by atoms with Gasteiger partial charge in [-0.2, -0.15) is 5.10 Å². The van der Waals surface area contributed by atoms with Crippen LogP contribution in [0.5, 0.6) is 0 Å². The van der Waals surface area contributed by atoms with E-state index in [1.807, 2.05) is 35.0 Å². The average molecular weight is 195 g/mol. The molecule has 2 heteroatoms. The third-order valence-corrected chi connectivity index (χ3v) is 2.50. The maximum absolute atomic E-state index is 3.33. The van der Waals surface area contributed by atoms with Gasteiger partial charge in [-0.15, -0.1) is 0 Å². The Bertz CT molecular complexity index is 549. The molecule has 0 aliphatic carbocycles. The summed E-state index contributed by atoms with van der Waals surface area (Å²) in [6.45, 7) is 0. The topological polar surface area (TPSA) is 19.7 Å². The van der Waals surface area contributed by atoms with Crippen LogP contribution in [0.15, 0.2) is 60.8 Å². The van der Waals surface area contributed by atoms with E-state index in [4.69, 9.17) is 0 Å². The van der Waals surface area contributed by atoms with E-state index in [0.29, 0.717) is 0 Å². The molecule has 0 spiro atoms. The maximum Gasteiger partial charge on any atom is 0.235 e. The van der Waals surface area contributed by atoms with Crippen molar-refractivity contribution in [1.82, 2.24) is 5.10 Å². The van der Waals surface area contributed by atoms with Crippen molar-refractivity contribution in [1.29, 1.82) is 0 Å². The van der Waals surface area contributed by atoms with Crippen LogP contribution in [0.2, 0.25) is 0 Å². The first-order valence-electron chi connectivity index (χ1n) is 4.98. The van der Waals surface area contributed by atoms with Crippen LogP contribution >= 0.6 is 0 Å². The van der Waals surface area contributed by atoms with E-state index in [1.54, 1.807) is 0 Å². The molecule has 0 radical (unpaired) electrons. The van der Waals surface area contributed by atoms with Crippen molar-refractivity contribution < 1.29 is 4.68 Å². The largest absolute Gasteiger partial charge is 0.235 e. The molecule has 0 bridgehead atoms. The third kappa shape index (κ3) is 1.40. The fourth-order valence-corrected chi connectivity index (χ4v) is 1.74. The van der Waals surface area contributed by atoms with E-state index >= 15 is 0 Å².